The molecule has 0 atom stereocenters. The molecule has 0 spiro atoms. The Morgan fingerprint density at radius 2 is 2.11 bits per heavy atom. The van der Waals surface area contributed by atoms with Crippen LogP contribution in [0.4, 0.5) is 0 Å². The average Bonchev–Trinajstić information content (AvgIpc) is 2.92. The van der Waals surface area contributed by atoms with Gasteiger partial charge in [0.1, 0.15) is 12.4 Å². The van der Waals surface area contributed by atoms with Gasteiger partial charge in [0.15, 0.2) is 0 Å². The van der Waals surface area contributed by atoms with Crippen molar-refractivity contribution in [1.29, 1.82) is 0 Å². The van der Waals surface area contributed by atoms with E-state index >= 15 is 0 Å². The van der Waals surface area contributed by atoms with Gasteiger partial charge in [-0.15, -0.1) is 0 Å². The van der Waals surface area contributed by atoms with Crippen molar-refractivity contribution in [3.05, 3.63) is 65.1 Å². The van der Waals surface area contributed by atoms with Gasteiger partial charge in [0.2, 0.25) is 0 Å². The van der Waals surface area contributed by atoms with Crippen molar-refractivity contribution in [2.24, 2.45) is 0 Å². The van der Waals surface area contributed by atoms with Crippen molar-refractivity contribution in [2.75, 3.05) is 13.2 Å². The fourth-order valence-corrected chi connectivity index (χ4v) is 3.59. The molecule has 3 heterocycles. The third-order valence-electron chi connectivity index (χ3n) is 4.92. The summed E-state index contributed by atoms with van der Waals surface area (Å²) in [5, 5.41) is 7.44. The van der Waals surface area contributed by atoms with Crippen LogP contribution in [0.1, 0.15) is 41.2 Å². The molecule has 28 heavy (non-hydrogen) atoms. The van der Waals surface area contributed by atoms with Crippen LogP contribution in [0.15, 0.2) is 42.6 Å². The predicted molar refractivity (Wildman–Crippen MR) is 108 cm³/mol. The summed E-state index contributed by atoms with van der Waals surface area (Å²) in [5.74, 6) is 0.470. The van der Waals surface area contributed by atoms with Gasteiger partial charge in [-0.25, -0.2) is 0 Å². The first kappa shape index (κ1) is 18.4. The van der Waals surface area contributed by atoms with Gasteiger partial charge < -0.3 is 15.4 Å². The first-order valence-corrected chi connectivity index (χ1v) is 9.46. The summed E-state index contributed by atoms with van der Waals surface area (Å²) in [6.45, 7) is 7.83. The molecule has 2 aromatic heterocycles. The number of benzene rings is 1. The number of fused-ring (bicyclic) bond motifs is 2. The summed E-state index contributed by atoms with van der Waals surface area (Å²) in [6.07, 6.45) is 1.75. The third-order valence-corrected chi connectivity index (χ3v) is 4.92. The molecule has 0 saturated heterocycles. The summed E-state index contributed by atoms with van der Waals surface area (Å²) in [4.78, 5) is 22.4. The minimum absolute atomic E-state index is 0.184. The number of amides is 1. The molecular formula is C22H24N4O2. The molecule has 3 aromatic rings. The number of para-hydroxylation sites is 1. The number of pyridine rings is 2. The molecule has 144 valence electrons. The van der Waals surface area contributed by atoms with E-state index in [2.05, 4.69) is 15.6 Å². The number of hydrogen-bond acceptors (Lipinski definition) is 5. The van der Waals surface area contributed by atoms with E-state index in [9.17, 15) is 4.79 Å². The molecule has 0 radical (unpaired) electrons. The minimum atomic E-state index is -0.707. The highest BCUT2D eigenvalue weighted by Crippen LogP contribution is 2.29. The quantitative estimate of drug-likeness (QED) is 0.735. The number of nitrogens with one attached hydrogen (secondary N) is 2. The lowest BCUT2D eigenvalue weighted by Crippen LogP contribution is -2.42. The summed E-state index contributed by atoms with van der Waals surface area (Å²) >= 11 is 0. The number of aryl methyl sites for hydroxylation is 1. The Hall–Kier alpha value is -2.99. The lowest BCUT2D eigenvalue weighted by atomic mass is 9.96. The zero-order valence-electron chi connectivity index (χ0n) is 16.4. The number of aromatic nitrogens is 2. The number of carbonyl (C=O) groups is 1. The zero-order valence-corrected chi connectivity index (χ0v) is 16.4. The average molecular weight is 376 g/mol. The van der Waals surface area contributed by atoms with Crippen LogP contribution in [-0.4, -0.2) is 29.0 Å². The highest BCUT2D eigenvalue weighted by Gasteiger charge is 2.29. The van der Waals surface area contributed by atoms with Gasteiger partial charge in [-0.1, -0.05) is 18.2 Å². The topological polar surface area (TPSA) is 76.1 Å². The van der Waals surface area contributed by atoms with Crippen LogP contribution in [0, 0.1) is 6.92 Å². The molecule has 0 bridgehead atoms. The maximum atomic E-state index is 13.2. The Balaban J connectivity index is 1.71. The Morgan fingerprint density at radius 3 is 2.96 bits per heavy atom. The van der Waals surface area contributed by atoms with Crippen molar-refractivity contribution in [3.8, 4) is 5.75 Å². The Kier molecular flexibility index (Phi) is 4.73. The number of carbonyl (C=O) groups excluding carboxylic acids is 1. The van der Waals surface area contributed by atoms with E-state index in [4.69, 9.17) is 9.72 Å². The molecule has 1 aliphatic rings. The van der Waals surface area contributed by atoms with Crippen LogP contribution in [0.3, 0.4) is 0 Å². The Morgan fingerprint density at radius 1 is 1.25 bits per heavy atom. The van der Waals surface area contributed by atoms with Crippen LogP contribution >= 0.6 is 0 Å². The highest BCUT2D eigenvalue weighted by atomic mass is 16.5. The molecule has 6 heteroatoms. The molecule has 1 aliphatic heterocycles. The molecule has 2 N–H and O–H groups in total. The largest absolute Gasteiger partial charge is 0.491 e. The van der Waals surface area contributed by atoms with E-state index in [1.165, 1.54) is 0 Å². The van der Waals surface area contributed by atoms with Crippen LogP contribution in [0.2, 0.25) is 0 Å². The molecular weight excluding hydrogens is 352 g/mol. The van der Waals surface area contributed by atoms with Crippen molar-refractivity contribution in [2.45, 2.75) is 32.9 Å². The fourth-order valence-electron chi connectivity index (χ4n) is 3.59. The molecule has 6 nitrogen and oxygen atoms in total. The van der Waals surface area contributed by atoms with E-state index in [1.807, 2.05) is 51.1 Å². The van der Waals surface area contributed by atoms with Crippen molar-refractivity contribution in [1.82, 2.24) is 20.6 Å². The maximum Gasteiger partial charge on any atom is 0.255 e. The molecule has 4 rings (SSSR count). The first-order valence-electron chi connectivity index (χ1n) is 9.46. The molecule has 1 aromatic carbocycles. The molecule has 1 amide bonds. The van der Waals surface area contributed by atoms with Crippen LogP contribution < -0.4 is 15.4 Å². The number of hydrogen-bond donors (Lipinski definition) is 2. The minimum Gasteiger partial charge on any atom is -0.491 e. The van der Waals surface area contributed by atoms with Gasteiger partial charge in [-0.2, -0.15) is 0 Å². The van der Waals surface area contributed by atoms with E-state index in [-0.39, 0.29) is 5.91 Å². The second-order valence-corrected chi connectivity index (χ2v) is 7.59. The smallest absolute Gasteiger partial charge is 0.255 e. The second-order valence-electron chi connectivity index (χ2n) is 7.59. The summed E-state index contributed by atoms with van der Waals surface area (Å²) in [6, 6.07) is 11.6. The number of ether oxygens (including phenoxy) is 1. The van der Waals surface area contributed by atoms with Crippen LogP contribution in [-0.2, 0) is 12.1 Å². The fraction of sp³-hybridized carbons (Fsp3) is 0.318. The highest BCUT2D eigenvalue weighted by molar-refractivity contribution is 5.98. The number of nitrogens with zero attached hydrogens (tertiary/aromatic N) is 2. The number of rotatable bonds is 3. The SMILES string of the molecule is Cc1cc2cccnc2c(C(C)(C)NC(=O)c2cccc3c2OCCNC3)n1. The van der Waals surface area contributed by atoms with E-state index in [1.54, 1.807) is 12.3 Å². The normalized spacial score (nSPS) is 14.1. The summed E-state index contributed by atoms with van der Waals surface area (Å²) in [5.41, 5.74) is 3.26. The standard InChI is InChI=1S/C22H24N4O2/c1-14-12-15-7-5-9-24-18(15)20(25-14)22(2,3)26-21(27)17-8-4-6-16-13-23-10-11-28-19(16)17/h4-9,12,23H,10-11,13H2,1-3H3,(H,26,27). The summed E-state index contributed by atoms with van der Waals surface area (Å²) in [7, 11) is 0. The van der Waals surface area contributed by atoms with Gasteiger partial charge in [0, 0.05) is 35.9 Å². The molecule has 0 aliphatic carbocycles. The van der Waals surface area contributed by atoms with Gasteiger partial charge >= 0.3 is 0 Å². The predicted octanol–water partition coefficient (Wildman–Crippen LogP) is 3.09. The van der Waals surface area contributed by atoms with Crippen molar-refractivity contribution >= 4 is 16.8 Å². The lowest BCUT2D eigenvalue weighted by molar-refractivity contribution is 0.0907. The van der Waals surface area contributed by atoms with Crippen molar-refractivity contribution in [3.63, 3.8) is 0 Å². The maximum absolute atomic E-state index is 13.2. The van der Waals surface area contributed by atoms with Crippen molar-refractivity contribution < 1.29 is 9.53 Å². The van der Waals surface area contributed by atoms with E-state index in [0.717, 1.165) is 34.4 Å². The summed E-state index contributed by atoms with van der Waals surface area (Å²) < 4.78 is 5.86. The monoisotopic (exact) mass is 376 g/mol. The molecule has 0 unspecified atom stereocenters. The zero-order chi connectivity index (χ0) is 19.7. The Bertz CT molecular complexity index is 1050. The second kappa shape index (κ2) is 7.20. The van der Waals surface area contributed by atoms with Crippen LogP contribution in [0.5, 0.6) is 5.75 Å². The first-order chi connectivity index (χ1) is 13.5. The van der Waals surface area contributed by atoms with Gasteiger partial charge in [0.05, 0.1) is 22.3 Å². The van der Waals surface area contributed by atoms with E-state index < -0.39 is 5.54 Å². The third kappa shape index (κ3) is 3.43. The Labute approximate surface area is 164 Å². The van der Waals surface area contributed by atoms with Crippen LogP contribution in [0.25, 0.3) is 10.9 Å². The van der Waals surface area contributed by atoms with E-state index in [0.29, 0.717) is 24.5 Å². The molecule has 0 saturated carbocycles. The molecule has 0 fully saturated rings. The van der Waals surface area contributed by atoms with Gasteiger partial charge in [0.25, 0.3) is 5.91 Å². The van der Waals surface area contributed by atoms with Gasteiger partial charge in [-0.05, 0) is 39.0 Å². The van der Waals surface area contributed by atoms with Gasteiger partial charge in [-0.3, -0.25) is 14.8 Å². The lowest BCUT2D eigenvalue weighted by Gasteiger charge is -2.27.